The second-order valence-corrected chi connectivity index (χ2v) is 22.3. The Morgan fingerprint density at radius 3 is 1.26 bits per heavy atom. The molecule has 0 heterocycles. The average Bonchev–Trinajstić information content (AvgIpc) is 3.41. The van der Waals surface area contributed by atoms with Gasteiger partial charge in [0.05, 0.1) is 38.8 Å². The summed E-state index contributed by atoms with van der Waals surface area (Å²) in [6.45, 7) is 11.1. The van der Waals surface area contributed by atoms with E-state index in [4.69, 9.17) is 17.2 Å². The molecule has 0 aromatic rings. The fraction of sp³-hybridized carbons (Fsp3) is 0.745. The van der Waals surface area contributed by atoms with E-state index in [-0.39, 0.29) is 37.4 Å². The third-order valence-corrected chi connectivity index (χ3v) is 13.3. The number of carboxylic acids is 1. The van der Waals surface area contributed by atoms with Crippen molar-refractivity contribution < 1.29 is 67.4 Å². The van der Waals surface area contributed by atoms with E-state index in [9.17, 15) is 67.4 Å². The number of nitrogens with one attached hydrogen (secondary N) is 12. The van der Waals surface area contributed by atoms with Crippen LogP contribution in [0.15, 0.2) is 0 Å². The Kier molecular flexibility index (Phi) is 38.4. The minimum absolute atomic E-state index is 0.0387. The lowest BCUT2D eigenvalue weighted by Gasteiger charge is -2.27. The van der Waals surface area contributed by atoms with Crippen LogP contribution in [0.5, 0.6) is 0 Å². The zero-order chi connectivity index (χ0) is 62.6. The number of unbranched alkanes of at least 4 members (excludes halogenated alkanes) is 2. The SMILES string of the molecule is CSCC[C@H](NC(=O)[C@H](CC(C)C)NC(=O)CNC(=O)CNC(=O)[C@H](CCCCN)NC(=O)[C@H](CCCCN)NC(=O)CNC(=O)[C@@H](N)CS)C(=O)N[C@H](C(=O)NCC(=O)NCC(=O)N[C@H](C(=O)N[C@H](C(=O)O)C(C)C)C(C)C)C(C)C. The summed E-state index contributed by atoms with van der Waals surface area (Å²) < 4.78 is 0. The van der Waals surface area contributed by atoms with E-state index in [1.54, 1.807) is 61.6 Å². The minimum atomic E-state index is -1.24. The van der Waals surface area contributed by atoms with E-state index in [0.29, 0.717) is 44.5 Å². The molecule has 8 atom stereocenters. The normalized spacial score (nSPS) is 14.1. The molecule has 12 amide bonds. The van der Waals surface area contributed by atoms with E-state index in [1.807, 2.05) is 0 Å². The van der Waals surface area contributed by atoms with E-state index in [1.165, 1.54) is 11.8 Å². The topological polar surface area (TPSA) is 465 Å². The first-order valence-corrected chi connectivity index (χ1v) is 29.5. The number of thiol groups is 1. The predicted octanol–water partition coefficient (Wildman–Crippen LogP) is -4.67. The highest BCUT2D eigenvalue weighted by Gasteiger charge is 2.34. The highest BCUT2D eigenvalue weighted by Crippen LogP contribution is 2.11. The molecule has 0 aromatic carbocycles. The van der Waals surface area contributed by atoms with Crippen molar-refractivity contribution in [1.29, 1.82) is 0 Å². The standard InChI is InChI=1S/C51H93N15O14S2/c1-27(2)20-35(61-38(69)23-55-36(67)21-58-45(73)32(14-10-12-17-52)62-46(74)33(15-11-13-18-53)60-39(70)25-57-44(72)31(54)26-81)48(76)63-34(16-19-82-9)47(75)65-41(28(3)4)49(77)59-22-37(68)56-24-40(71)64-42(29(5)6)50(78)66-43(30(7)8)51(79)80/h27-35,41-43,81H,10-26,52-54H2,1-9H3,(H,55,67)(H,56,68)(H,57,72)(H,58,73)(H,59,77)(H,60,70)(H,61,69)(H,62,74)(H,63,76)(H,64,71)(H,65,75)(H,66,78)(H,79,80)/t31-,32-,33-,34-,35-,41-,42-,43-/m0/s1. The van der Waals surface area contributed by atoms with Crippen LogP contribution in [0.25, 0.3) is 0 Å². The van der Waals surface area contributed by atoms with Crippen molar-refractivity contribution in [3.63, 3.8) is 0 Å². The molecule has 0 aliphatic carbocycles. The Morgan fingerprint density at radius 1 is 0.427 bits per heavy atom. The lowest BCUT2D eigenvalue weighted by Crippen LogP contribution is -2.59. The van der Waals surface area contributed by atoms with Crippen LogP contribution in [0.1, 0.15) is 107 Å². The molecule has 0 spiro atoms. The zero-order valence-electron chi connectivity index (χ0n) is 48.8. The summed E-state index contributed by atoms with van der Waals surface area (Å²) in [7, 11) is 0. The van der Waals surface area contributed by atoms with Gasteiger partial charge in [-0.1, -0.05) is 55.4 Å². The summed E-state index contributed by atoms with van der Waals surface area (Å²) in [6, 6.07) is -9.16. The summed E-state index contributed by atoms with van der Waals surface area (Å²) in [5.41, 5.74) is 16.9. The number of rotatable bonds is 42. The number of carbonyl (C=O) groups excluding carboxylic acids is 12. The fourth-order valence-corrected chi connectivity index (χ4v) is 8.14. The number of amides is 12. The van der Waals surface area contributed by atoms with Crippen molar-refractivity contribution in [2.24, 2.45) is 40.9 Å². The third kappa shape index (κ3) is 31.8. The zero-order valence-corrected chi connectivity index (χ0v) is 50.5. The van der Waals surface area contributed by atoms with Crippen LogP contribution in [0.3, 0.4) is 0 Å². The summed E-state index contributed by atoms with van der Waals surface area (Å²) >= 11 is 5.34. The second kappa shape index (κ2) is 41.6. The lowest BCUT2D eigenvalue weighted by molar-refractivity contribution is -0.143. The van der Waals surface area contributed by atoms with Gasteiger partial charge in [0.25, 0.3) is 0 Å². The van der Waals surface area contributed by atoms with E-state index < -0.39 is 176 Å². The average molecular weight is 1200 g/mol. The van der Waals surface area contributed by atoms with Gasteiger partial charge in [-0.25, -0.2) is 4.79 Å². The lowest BCUT2D eigenvalue weighted by atomic mass is 10.0. The maximum atomic E-state index is 13.8. The summed E-state index contributed by atoms with van der Waals surface area (Å²) in [4.78, 5) is 169. The summed E-state index contributed by atoms with van der Waals surface area (Å²) in [6.07, 6.45) is 4.14. The van der Waals surface area contributed by atoms with E-state index in [2.05, 4.69) is 76.4 Å². The molecule has 82 heavy (non-hydrogen) atoms. The monoisotopic (exact) mass is 1200 g/mol. The molecular formula is C51H93N15O14S2. The van der Waals surface area contributed by atoms with Crippen molar-refractivity contribution >= 4 is 101 Å². The maximum Gasteiger partial charge on any atom is 0.326 e. The van der Waals surface area contributed by atoms with Crippen LogP contribution < -0.4 is 81.0 Å². The van der Waals surface area contributed by atoms with Crippen molar-refractivity contribution in [2.75, 3.05) is 63.6 Å². The van der Waals surface area contributed by atoms with E-state index >= 15 is 0 Å². The van der Waals surface area contributed by atoms with Crippen LogP contribution in [-0.2, 0) is 62.3 Å². The van der Waals surface area contributed by atoms with Gasteiger partial charge in [0.15, 0.2) is 0 Å². The minimum Gasteiger partial charge on any atom is -0.480 e. The highest BCUT2D eigenvalue weighted by molar-refractivity contribution is 7.98. The summed E-state index contributed by atoms with van der Waals surface area (Å²) in [5, 5.41) is 39.4. The molecule has 0 bridgehead atoms. The van der Waals surface area contributed by atoms with Crippen LogP contribution in [-0.4, -0.2) is 194 Å². The second-order valence-electron chi connectivity index (χ2n) is 20.9. The molecule has 0 fully saturated rings. The Balaban J connectivity index is 5.74. The van der Waals surface area contributed by atoms with Crippen molar-refractivity contribution in [1.82, 2.24) is 63.8 Å². The van der Waals surface area contributed by atoms with Gasteiger partial charge in [0.2, 0.25) is 70.9 Å². The molecule has 31 heteroatoms. The van der Waals surface area contributed by atoms with Gasteiger partial charge in [-0.15, -0.1) is 0 Å². The number of carboxylic acid groups (broad SMARTS) is 1. The summed E-state index contributed by atoms with van der Waals surface area (Å²) in [5.74, 6) is -11.2. The maximum absolute atomic E-state index is 13.8. The molecule has 468 valence electrons. The number of thioether (sulfide) groups is 1. The molecule has 0 aromatic heterocycles. The Bertz CT molecular complexity index is 2120. The Hall–Kier alpha value is -6.31. The van der Waals surface area contributed by atoms with Crippen LogP contribution in [0.2, 0.25) is 0 Å². The molecule has 0 aliphatic heterocycles. The smallest absolute Gasteiger partial charge is 0.326 e. The number of hydrogen-bond donors (Lipinski definition) is 17. The molecule has 0 aliphatic rings. The quantitative estimate of drug-likeness (QED) is 0.0202. The number of aliphatic carboxylic acids is 1. The first-order chi connectivity index (χ1) is 38.5. The molecular weight excluding hydrogens is 1110 g/mol. The number of hydrogen-bond acceptors (Lipinski definition) is 18. The van der Waals surface area contributed by atoms with E-state index in [0.717, 1.165) is 0 Å². The molecule has 0 unspecified atom stereocenters. The van der Waals surface area contributed by atoms with Gasteiger partial charge in [-0.3, -0.25) is 57.5 Å². The molecule has 0 saturated heterocycles. The van der Waals surface area contributed by atoms with Crippen LogP contribution >= 0.6 is 24.4 Å². The van der Waals surface area contributed by atoms with Gasteiger partial charge in [0, 0.05) is 5.75 Å². The first-order valence-electron chi connectivity index (χ1n) is 27.5. The fourth-order valence-electron chi connectivity index (χ4n) is 7.50. The molecule has 19 N–H and O–H groups in total. The number of carbonyl (C=O) groups is 13. The van der Waals surface area contributed by atoms with Crippen LogP contribution in [0.4, 0.5) is 0 Å². The van der Waals surface area contributed by atoms with Crippen molar-refractivity contribution in [2.45, 2.75) is 155 Å². The van der Waals surface area contributed by atoms with Gasteiger partial charge < -0.3 is 86.1 Å². The van der Waals surface area contributed by atoms with Crippen molar-refractivity contribution in [3.8, 4) is 0 Å². The highest BCUT2D eigenvalue weighted by atomic mass is 32.2. The third-order valence-electron chi connectivity index (χ3n) is 12.2. The van der Waals surface area contributed by atoms with Gasteiger partial charge >= 0.3 is 5.97 Å². The van der Waals surface area contributed by atoms with Crippen molar-refractivity contribution in [3.05, 3.63) is 0 Å². The molecule has 29 nitrogen and oxygen atoms in total. The molecule has 0 radical (unpaired) electrons. The predicted molar refractivity (Wildman–Crippen MR) is 311 cm³/mol. The van der Waals surface area contributed by atoms with Gasteiger partial charge in [-0.2, -0.15) is 24.4 Å². The van der Waals surface area contributed by atoms with Crippen LogP contribution in [0, 0.1) is 23.7 Å². The molecule has 0 saturated carbocycles. The molecule has 0 rings (SSSR count). The Morgan fingerprint density at radius 2 is 0.805 bits per heavy atom. The Labute approximate surface area is 490 Å². The number of nitrogens with two attached hydrogens (primary N) is 3. The van der Waals surface area contributed by atoms with Gasteiger partial charge in [0.1, 0.15) is 42.3 Å². The first kappa shape index (κ1) is 75.7. The largest absolute Gasteiger partial charge is 0.480 e. The van der Waals surface area contributed by atoms with Gasteiger partial charge in [-0.05, 0) is 100 Å².